The van der Waals surface area contributed by atoms with Crippen molar-refractivity contribution in [3.63, 3.8) is 0 Å². The summed E-state index contributed by atoms with van der Waals surface area (Å²) in [5.74, 6) is -0.448. The van der Waals surface area contributed by atoms with Gasteiger partial charge in [0.15, 0.2) is 9.84 Å². The van der Waals surface area contributed by atoms with Gasteiger partial charge in [0.2, 0.25) is 0 Å². The monoisotopic (exact) mass is 317 g/mol. The molecule has 2 aromatic carbocycles. The number of aryl methyl sites for hydroxylation is 1. The summed E-state index contributed by atoms with van der Waals surface area (Å²) in [5.41, 5.74) is 1.89. The van der Waals surface area contributed by atoms with Crippen molar-refractivity contribution in [1.29, 1.82) is 0 Å². The fraction of sp³-hybridized carbons (Fsp3) is 0.235. The second-order valence-corrected chi connectivity index (χ2v) is 7.11. The van der Waals surface area contributed by atoms with E-state index < -0.39 is 15.7 Å². The first-order valence-electron chi connectivity index (χ1n) is 7.20. The van der Waals surface area contributed by atoms with Crippen LogP contribution in [0.25, 0.3) is 0 Å². The predicted octanol–water partition coefficient (Wildman–Crippen LogP) is 3.29. The zero-order chi connectivity index (χ0) is 16.2. The summed E-state index contributed by atoms with van der Waals surface area (Å²) in [6, 6.07) is 13.8. The van der Waals surface area contributed by atoms with Crippen molar-refractivity contribution < 1.29 is 13.2 Å². The van der Waals surface area contributed by atoms with E-state index in [-0.39, 0.29) is 16.2 Å². The minimum absolute atomic E-state index is 0.0388. The number of rotatable bonds is 5. The highest BCUT2D eigenvalue weighted by molar-refractivity contribution is 7.91. The van der Waals surface area contributed by atoms with E-state index in [1.165, 1.54) is 12.1 Å². The molecule has 0 radical (unpaired) electrons. The van der Waals surface area contributed by atoms with Crippen molar-refractivity contribution in [1.82, 2.24) is 0 Å². The molecule has 0 bridgehead atoms. The van der Waals surface area contributed by atoms with Gasteiger partial charge in [-0.15, -0.1) is 0 Å². The summed E-state index contributed by atoms with van der Waals surface area (Å²) in [5, 5.41) is 2.81. The van der Waals surface area contributed by atoms with E-state index in [0.717, 1.165) is 12.0 Å². The molecule has 1 N–H and O–H groups in total. The quantitative estimate of drug-likeness (QED) is 0.920. The predicted molar refractivity (Wildman–Crippen MR) is 87.9 cm³/mol. The maximum Gasteiger partial charge on any atom is 0.256 e. The topological polar surface area (TPSA) is 63.2 Å². The number of anilines is 1. The molecule has 0 unspecified atom stereocenters. The van der Waals surface area contributed by atoms with Gasteiger partial charge in [-0.25, -0.2) is 8.42 Å². The fourth-order valence-electron chi connectivity index (χ4n) is 2.22. The molecule has 2 rings (SSSR count). The normalized spacial score (nSPS) is 11.2. The van der Waals surface area contributed by atoms with Crippen molar-refractivity contribution in [2.45, 2.75) is 25.2 Å². The smallest absolute Gasteiger partial charge is 0.256 e. The van der Waals surface area contributed by atoms with Crippen LogP contribution in [0.1, 0.15) is 29.8 Å². The Balaban J connectivity index is 2.39. The van der Waals surface area contributed by atoms with Crippen LogP contribution in [0.5, 0.6) is 0 Å². The summed E-state index contributed by atoms with van der Waals surface area (Å²) in [4.78, 5) is 12.6. The van der Waals surface area contributed by atoms with Crippen LogP contribution in [0, 0.1) is 0 Å². The molecular weight excluding hydrogens is 298 g/mol. The van der Waals surface area contributed by atoms with Crippen LogP contribution in [0.2, 0.25) is 0 Å². The lowest BCUT2D eigenvalue weighted by molar-refractivity contribution is 0.102. The van der Waals surface area contributed by atoms with Crippen LogP contribution >= 0.6 is 0 Å². The van der Waals surface area contributed by atoms with Gasteiger partial charge in [0.25, 0.3) is 5.91 Å². The van der Waals surface area contributed by atoms with Gasteiger partial charge < -0.3 is 5.32 Å². The van der Waals surface area contributed by atoms with E-state index >= 15 is 0 Å². The van der Waals surface area contributed by atoms with Gasteiger partial charge in [-0.2, -0.15) is 0 Å². The van der Waals surface area contributed by atoms with Gasteiger partial charge in [-0.3, -0.25) is 4.79 Å². The number of benzene rings is 2. The highest BCUT2D eigenvalue weighted by atomic mass is 32.2. The van der Waals surface area contributed by atoms with Crippen molar-refractivity contribution >= 4 is 21.4 Å². The summed E-state index contributed by atoms with van der Waals surface area (Å²) < 4.78 is 24.2. The third-order valence-corrected chi connectivity index (χ3v) is 5.28. The van der Waals surface area contributed by atoms with Gasteiger partial charge >= 0.3 is 0 Å². The number of hydrogen-bond acceptors (Lipinski definition) is 3. The second kappa shape index (κ2) is 6.75. The Morgan fingerprint density at radius 2 is 1.64 bits per heavy atom. The van der Waals surface area contributed by atoms with E-state index in [2.05, 4.69) is 5.32 Å². The van der Waals surface area contributed by atoms with Crippen molar-refractivity contribution in [2.24, 2.45) is 0 Å². The molecule has 0 aliphatic heterocycles. The Bertz CT molecular complexity index is 782. The van der Waals surface area contributed by atoms with E-state index in [9.17, 15) is 13.2 Å². The number of hydrogen-bond donors (Lipinski definition) is 1. The maximum absolute atomic E-state index is 12.5. The Labute approximate surface area is 131 Å². The van der Waals surface area contributed by atoms with Crippen LogP contribution < -0.4 is 5.32 Å². The first-order chi connectivity index (χ1) is 10.5. The first kappa shape index (κ1) is 16.2. The average Bonchev–Trinajstić information content (AvgIpc) is 2.55. The van der Waals surface area contributed by atoms with Crippen LogP contribution in [0.4, 0.5) is 5.69 Å². The number of nitrogens with one attached hydrogen (secondary N) is 1. The number of sulfone groups is 1. The van der Waals surface area contributed by atoms with E-state index in [0.29, 0.717) is 5.69 Å². The Kier molecular flexibility index (Phi) is 4.98. The highest BCUT2D eigenvalue weighted by Crippen LogP contribution is 2.21. The standard InChI is InChI=1S/C17H19NO3S/c1-3-13-9-5-7-11-15(13)18-17(19)14-10-6-8-12-16(14)22(20,21)4-2/h5-12H,3-4H2,1-2H3,(H,18,19). The van der Waals surface area contributed by atoms with Gasteiger partial charge in [-0.05, 0) is 30.2 Å². The zero-order valence-electron chi connectivity index (χ0n) is 12.7. The molecule has 116 valence electrons. The minimum atomic E-state index is -3.44. The van der Waals surface area contributed by atoms with E-state index in [1.807, 2.05) is 31.2 Å². The molecule has 4 nitrogen and oxygen atoms in total. The molecule has 5 heteroatoms. The zero-order valence-corrected chi connectivity index (χ0v) is 13.5. The summed E-state index contributed by atoms with van der Waals surface area (Å²) in [7, 11) is -3.44. The van der Waals surface area contributed by atoms with Crippen molar-refractivity contribution in [3.8, 4) is 0 Å². The molecule has 0 saturated carbocycles. The number of amides is 1. The lowest BCUT2D eigenvalue weighted by atomic mass is 10.1. The van der Waals surface area contributed by atoms with Crippen LogP contribution in [-0.4, -0.2) is 20.1 Å². The molecule has 0 aromatic heterocycles. The van der Waals surface area contributed by atoms with E-state index in [4.69, 9.17) is 0 Å². The van der Waals surface area contributed by atoms with Crippen LogP contribution in [-0.2, 0) is 16.3 Å². The van der Waals surface area contributed by atoms with Gasteiger partial charge in [0.05, 0.1) is 16.2 Å². The molecule has 0 fully saturated rings. The molecule has 0 aliphatic carbocycles. The molecule has 0 aliphatic rings. The van der Waals surface area contributed by atoms with Crippen molar-refractivity contribution in [3.05, 3.63) is 59.7 Å². The van der Waals surface area contributed by atoms with Crippen LogP contribution in [0.3, 0.4) is 0 Å². The lowest BCUT2D eigenvalue weighted by Crippen LogP contribution is -2.18. The third-order valence-electron chi connectivity index (χ3n) is 3.49. The Morgan fingerprint density at radius 3 is 2.32 bits per heavy atom. The van der Waals surface area contributed by atoms with Crippen LogP contribution in [0.15, 0.2) is 53.4 Å². The molecule has 22 heavy (non-hydrogen) atoms. The Hall–Kier alpha value is -2.14. The average molecular weight is 317 g/mol. The van der Waals surface area contributed by atoms with Gasteiger partial charge in [0.1, 0.15) is 0 Å². The number of para-hydroxylation sites is 1. The van der Waals surface area contributed by atoms with Crippen molar-refractivity contribution in [2.75, 3.05) is 11.1 Å². The van der Waals surface area contributed by atoms with Gasteiger partial charge in [-0.1, -0.05) is 44.2 Å². The molecular formula is C17H19NO3S. The molecule has 0 heterocycles. The number of carbonyl (C=O) groups excluding carboxylic acids is 1. The minimum Gasteiger partial charge on any atom is -0.322 e. The van der Waals surface area contributed by atoms with E-state index in [1.54, 1.807) is 19.1 Å². The SMILES string of the molecule is CCc1ccccc1NC(=O)c1ccccc1S(=O)(=O)CC. The summed E-state index contributed by atoms with van der Waals surface area (Å²) in [6.07, 6.45) is 0.783. The molecule has 2 aromatic rings. The number of carbonyl (C=O) groups is 1. The lowest BCUT2D eigenvalue weighted by Gasteiger charge is -2.12. The first-order valence-corrected chi connectivity index (χ1v) is 8.85. The summed E-state index contributed by atoms with van der Waals surface area (Å²) >= 11 is 0. The molecule has 0 spiro atoms. The fourth-order valence-corrected chi connectivity index (χ4v) is 3.31. The Morgan fingerprint density at radius 1 is 1.00 bits per heavy atom. The summed E-state index contributed by atoms with van der Waals surface area (Å²) in [6.45, 7) is 3.57. The molecule has 0 atom stereocenters. The largest absolute Gasteiger partial charge is 0.322 e. The third kappa shape index (κ3) is 3.36. The molecule has 1 amide bonds. The molecule has 0 saturated heterocycles. The maximum atomic E-state index is 12.5. The second-order valence-electron chi connectivity index (χ2n) is 4.86. The van der Waals surface area contributed by atoms with Gasteiger partial charge in [0, 0.05) is 5.69 Å². The highest BCUT2D eigenvalue weighted by Gasteiger charge is 2.20.